The summed E-state index contributed by atoms with van der Waals surface area (Å²) in [6, 6.07) is 10.5. The summed E-state index contributed by atoms with van der Waals surface area (Å²) in [5.74, 6) is 1.93. The molecule has 0 bridgehead atoms. The van der Waals surface area contributed by atoms with Gasteiger partial charge in [0.05, 0.1) is 0 Å². The van der Waals surface area contributed by atoms with E-state index in [1.165, 1.54) is 6.20 Å². The average molecular weight is 310 g/mol. The van der Waals surface area contributed by atoms with Crippen LogP contribution >= 0.6 is 0 Å². The highest BCUT2D eigenvalue weighted by molar-refractivity contribution is 5.92. The number of nitrogens with one attached hydrogen (secondary N) is 1. The van der Waals surface area contributed by atoms with E-state index in [0.717, 1.165) is 5.56 Å². The number of rotatable bonds is 4. The van der Waals surface area contributed by atoms with Gasteiger partial charge >= 0.3 is 0 Å². The Morgan fingerprint density at radius 3 is 2.61 bits per heavy atom. The lowest BCUT2D eigenvalue weighted by molar-refractivity contribution is 0.0958. The second-order valence-electron chi connectivity index (χ2n) is 4.72. The average Bonchev–Trinajstić information content (AvgIpc) is 3.01. The van der Waals surface area contributed by atoms with E-state index in [4.69, 9.17) is 9.26 Å². The fraction of sp³-hybridized carbons (Fsp3) is 0.125. The van der Waals surface area contributed by atoms with Gasteiger partial charge < -0.3 is 14.6 Å². The quantitative estimate of drug-likeness (QED) is 0.796. The largest absolute Gasteiger partial charge is 0.457 e. The molecule has 0 radical (unpaired) electrons. The minimum absolute atomic E-state index is 0.265. The van der Waals surface area contributed by atoms with E-state index in [-0.39, 0.29) is 5.91 Å². The maximum absolute atomic E-state index is 11.6. The summed E-state index contributed by atoms with van der Waals surface area (Å²) >= 11 is 0. The lowest BCUT2D eigenvalue weighted by Crippen LogP contribution is -2.18. The van der Waals surface area contributed by atoms with Crippen molar-refractivity contribution in [2.24, 2.45) is 0 Å². The number of carbonyl (C=O) groups is 1. The third-order valence-corrected chi connectivity index (χ3v) is 3.07. The summed E-state index contributed by atoms with van der Waals surface area (Å²) in [5, 5.41) is 6.38. The zero-order chi connectivity index (χ0) is 16.2. The summed E-state index contributed by atoms with van der Waals surface area (Å²) in [6.07, 6.45) is 1.52. The van der Waals surface area contributed by atoms with Crippen LogP contribution in [0.15, 0.2) is 47.1 Å². The predicted molar refractivity (Wildman–Crippen MR) is 82.2 cm³/mol. The minimum Gasteiger partial charge on any atom is -0.457 e. The number of aryl methyl sites for hydroxylation is 1. The van der Waals surface area contributed by atoms with Crippen LogP contribution in [0.2, 0.25) is 0 Å². The summed E-state index contributed by atoms with van der Waals surface area (Å²) in [6.45, 7) is 1.74. The van der Waals surface area contributed by atoms with E-state index in [9.17, 15) is 4.79 Å². The lowest BCUT2D eigenvalue weighted by atomic mass is 10.2. The van der Waals surface area contributed by atoms with Crippen LogP contribution in [0.25, 0.3) is 11.4 Å². The molecule has 0 saturated heterocycles. The van der Waals surface area contributed by atoms with Crippen molar-refractivity contribution >= 4 is 5.91 Å². The summed E-state index contributed by atoms with van der Waals surface area (Å²) in [5.41, 5.74) is 1.12. The van der Waals surface area contributed by atoms with Crippen molar-refractivity contribution in [3.05, 3.63) is 54.2 Å². The highest BCUT2D eigenvalue weighted by Crippen LogP contribution is 2.24. The van der Waals surface area contributed by atoms with Crippen molar-refractivity contribution in [1.29, 1.82) is 0 Å². The van der Waals surface area contributed by atoms with E-state index in [1.807, 2.05) is 12.1 Å². The fourth-order valence-electron chi connectivity index (χ4n) is 1.95. The van der Waals surface area contributed by atoms with Gasteiger partial charge in [-0.25, -0.2) is 0 Å². The van der Waals surface area contributed by atoms with Crippen molar-refractivity contribution in [3.63, 3.8) is 0 Å². The standard InChI is InChI=1S/C16H14N4O3/c1-10-19-15(20-23-10)11-3-5-12(6-4-11)22-13-7-8-18-14(9-13)16(21)17-2/h3-9H,1-2H3,(H,17,21). The Balaban J connectivity index is 1.77. The smallest absolute Gasteiger partial charge is 0.269 e. The van der Waals surface area contributed by atoms with Crippen LogP contribution < -0.4 is 10.1 Å². The Hall–Kier alpha value is -3.22. The molecule has 3 aromatic rings. The summed E-state index contributed by atoms with van der Waals surface area (Å²) in [4.78, 5) is 19.7. The second kappa shape index (κ2) is 6.27. The number of ether oxygens (including phenoxy) is 1. The number of hydrogen-bond donors (Lipinski definition) is 1. The number of amides is 1. The third-order valence-electron chi connectivity index (χ3n) is 3.07. The summed E-state index contributed by atoms with van der Waals surface area (Å²) < 4.78 is 10.7. The topological polar surface area (TPSA) is 90.1 Å². The minimum atomic E-state index is -0.265. The van der Waals surface area contributed by atoms with Gasteiger partial charge in [0.2, 0.25) is 11.7 Å². The Kier molecular flexibility index (Phi) is 4.01. The highest BCUT2D eigenvalue weighted by atomic mass is 16.5. The van der Waals surface area contributed by atoms with Crippen LogP contribution in [0, 0.1) is 6.92 Å². The first-order valence-corrected chi connectivity index (χ1v) is 6.92. The van der Waals surface area contributed by atoms with Crippen LogP contribution in [0.4, 0.5) is 0 Å². The predicted octanol–water partition coefficient (Wildman–Crippen LogP) is 2.59. The van der Waals surface area contributed by atoms with Crippen molar-refractivity contribution in [1.82, 2.24) is 20.4 Å². The molecule has 1 amide bonds. The highest BCUT2D eigenvalue weighted by Gasteiger charge is 2.08. The Labute approximate surface area is 132 Å². The SMILES string of the molecule is CNC(=O)c1cc(Oc2ccc(-c3noc(C)n3)cc2)ccn1. The molecule has 0 aliphatic heterocycles. The monoisotopic (exact) mass is 310 g/mol. The van der Waals surface area contributed by atoms with Gasteiger partial charge in [-0.05, 0) is 30.3 Å². The van der Waals surface area contributed by atoms with Gasteiger partial charge in [-0.1, -0.05) is 5.16 Å². The third kappa shape index (κ3) is 3.34. The van der Waals surface area contributed by atoms with Crippen molar-refractivity contribution < 1.29 is 14.1 Å². The molecule has 1 N–H and O–H groups in total. The van der Waals surface area contributed by atoms with Crippen molar-refractivity contribution in [2.45, 2.75) is 6.92 Å². The van der Waals surface area contributed by atoms with Crippen LogP contribution in [-0.2, 0) is 0 Å². The zero-order valence-corrected chi connectivity index (χ0v) is 12.6. The Morgan fingerprint density at radius 2 is 1.96 bits per heavy atom. The maximum Gasteiger partial charge on any atom is 0.269 e. The normalized spacial score (nSPS) is 10.3. The molecular formula is C16H14N4O3. The van der Waals surface area contributed by atoms with Crippen LogP contribution in [0.5, 0.6) is 11.5 Å². The number of benzene rings is 1. The van der Waals surface area contributed by atoms with Crippen LogP contribution in [0.3, 0.4) is 0 Å². The molecule has 0 fully saturated rings. The molecule has 0 saturated carbocycles. The van der Waals surface area contributed by atoms with Crippen molar-refractivity contribution in [3.8, 4) is 22.9 Å². The van der Waals surface area contributed by atoms with Crippen LogP contribution in [0.1, 0.15) is 16.4 Å². The molecule has 23 heavy (non-hydrogen) atoms. The van der Waals surface area contributed by atoms with E-state index in [2.05, 4.69) is 20.4 Å². The first-order valence-electron chi connectivity index (χ1n) is 6.92. The number of aromatic nitrogens is 3. The van der Waals surface area contributed by atoms with Gasteiger partial charge in [-0.15, -0.1) is 0 Å². The molecule has 3 rings (SSSR count). The van der Waals surface area contributed by atoms with Gasteiger partial charge in [-0.2, -0.15) is 4.98 Å². The van der Waals surface area contributed by atoms with Gasteiger partial charge in [-0.3, -0.25) is 9.78 Å². The van der Waals surface area contributed by atoms with Crippen LogP contribution in [-0.4, -0.2) is 28.1 Å². The van der Waals surface area contributed by atoms with Gasteiger partial charge in [0, 0.05) is 31.8 Å². The number of pyridine rings is 1. The lowest BCUT2D eigenvalue weighted by Gasteiger charge is -2.07. The molecule has 0 unspecified atom stereocenters. The molecule has 7 heteroatoms. The zero-order valence-electron chi connectivity index (χ0n) is 12.6. The van der Waals surface area contributed by atoms with E-state index >= 15 is 0 Å². The fourth-order valence-corrected chi connectivity index (χ4v) is 1.95. The number of carbonyl (C=O) groups excluding carboxylic acids is 1. The molecule has 1 aromatic carbocycles. The second-order valence-corrected chi connectivity index (χ2v) is 4.72. The molecule has 0 aliphatic rings. The number of nitrogens with zero attached hydrogens (tertiary/aromatic N) is 3. The Bertz CT molecular complexity index is 827. The Morgan fingerprint density at radius 1 is 1.17 bits per heavy atom. The summed E-state index contributed by atoms with van der Waals surface area (Å²) in [7, 11) is 1.55. The van der Waals surface area contributed by atoms with E-state index < -0.39 is 0 Å². The van der Waals surface area contributed by atoms with Gasteiger partial charge in [0.1, 0.15) is 17.2 Å². The molecule has 2 aromatic heterocycles. The van der Waals surface area contributed by atoms with Gasteiger partial charge in [0.15, 0.2) is 0 Å². The molecule has 0 atom stereocenters. The molecule has 116 valence electrons. The van der Waals surface area contributed by atoms with Gasteiger partial charge in [0.25, 0.3) is 5.91 Å². The molecular weight excluding hydrogens is 296 g/mol. The molecule has 0 aliphatic carbocycles. The van der Waals surface area contributed by atoms with Crippen molar-refractivity contribution in [2.75, 3.05) is 7.05 Å². The first kappa shape index (κ1) is 14.7. The molecule has 0 spiro atoms. The van der Waals surface area contributed by atoms with E-state index in [1.54, 1.807) is 38.2 Å². The number of hydrogen-bond acceptors (Lipinski definition) is 6. The van der Waals surface area contributed by atoms with E-state index in [0.29, 0.717) is 28.9 Å². The molecule has 2 heterocycles. The first-order chi connectivity index (χ1) is 11.2. The molecule has 7 nitrogen and oxygen atoms in total. The maximum atomic E-state index is 11.6.